The first-order valence-corrected chi connectivity index (χ1v) is 9.04. The lowest BCUT2D eigenvalue weighted by Gasteiger charge is -2.15. The molecule has 0 spiro atoms. The average molecular weight is 385 g/mol. The number of amides is 1. The van der Waals surface area contributed by atoms with Gasteiger partial charge >= 0.3 is 0 Å². The van der Waals surface area contributed by atoms with Crippen LogP contribution in [0.5, 0.6) is 5.75 Å². The van der Waals surface area contributed by atoms with E-state index in [9.17, 15) is 4.79 Å². The molecule has 7 nitrogen and oxygen atoms in total. The van der Waals surface area contributed by atoms with Crippen molar-refractivity contribution in [2.24, 2.45) is 0 Å². The molecular weight excluding hydrogens is 366 g/mol. The number of pyridine rings is 1. The molecule has 0 saturated heterocycles. The van der Waals surface area contributed by atoms with Gasteiger partial charge in [0.1, 0.15) is 11.6 Å². The fourth-order valence-corrected chi connectivity index (χ4v) is 3.01. The zero-order valence-corrected chi connectivity index (χ0v) is 16.0. The molecule has 0 fully saturated rings. The van der Waals surface area contributed by atoms with Gasteiger partial charge in [0.25, 0.3) is 0 Å². The zero-order chi connectivity index (χ0) is 20.2. The molecule has 2 aromatic heterocycles. The number of para-hydroxylation sites is 1. The van der Waals surface area contributed by atoms with Crippen LogP contribution >= 0.6 is 0 Å². The Labute approximate surface area is 167 Å². The largest absolute Gasteiger partial charge is 0.495 e. The van der Waals surface area contributed by atoms with Gasteiger partial charge in [-0.15, -0.1) is 0 Å². The van der Waals surface area contributed by atoms with Crippen molar-refractivity contribution in [2.45, 2.75) is 6.92 Å². The summed E-state index contributed by atoms with van der Waals surface area (Å²) >= 11 is 0. The first-order chi connectivity index (χ1) is 14.1. The second kappa shape index (κ2) is 7.93. The summed E-state index contributed by atoms with van der Waals surface area (Å²) in [6.45, 7) is 1.47. The fraction of sp³-hybridized carbons (Fsp3) is 0.0909. The number of benzene rings is 2. The molecule has 2 heterocycles. The van der Waals surface area contributed by atoms with Crippen molar-refractivity contribution in [3.05, 3.63) is 67.0 Å². The molecule has 0 atom stereocenters. The van der Waals surface area contributed by atoms with Gasteiger partial charge in [-0.3, -0.25) is 9.78 Å². The first-order valence-electron chi connectivity index (χ1n) is 9.04. The molecule has 29 heavy (non-hydrogen) atoms. The van der Waals surface area contributed by atoms with Crippen LogP contribution in [0.25, 0.3) is 22.3 Å². The summed E-state index contributed by atoms with van der Waals surface area (Å²) in [6.07, 6.45) is 3.44. The van der Waals surface area contributed by atoms with Gasteiger partial charge in [-0.1, -0.05) is 12.1 Å². The third-order valence-corrected chi connectivity index (χ3v) is 4.30. The highest BCUT2D eigenvalue weighted by atomic mass is 16.5. The molecule has 0 aliphatic heterocycles. The van der Waals surface area contributed by atoms with Crippen molar-refractivity contribution in [1.29, 1.82) is 0 Å². The minimum atomic E-state index is -0.146. The molecule has 0 saturated carbocycles. The van der Waals surface area contributed by atoms with Crippen molar-refractivity contribution in [2.75, 3.05) is 17.7 Å². The predicted octanol–water partition coefficient (Wildman–Crippen LogP) is 4.40. The van der Waals surface area contributed by atoms with Gasteiger partial charge in [-0.05, 0) is 42.5 Å². The highest BCUT2D eigenvalue weighted by molar-refractivity contribution is 5.94. The highest BCUT2D eigenvalue weighted by Crippen LogP contribution is 2.33. The van der Waals surface area contributed by atoms with Crippen LogP contribution in [0.15, 0.2) is 67.0 Å². The number of anilines is 3. The van der Waals surface area contributed by atoms with Crippen LogP contribution in [-0.4, -0.2) is 28.0 Å². The van der Waals surface area contributed by atoms with E-state index in [1.807, 2.05) is 36.4 Å². The van der Waals surface area contributed by atoms with Crippen LogP contribution in [0.4, 0.5) is 17.2 Å². The number of nitrogens with zero attached hydrogens (tertiary/aromatic N) is 3. The number of hydrogen-bond donors (Lipinski definition) is 2. The fourth-order valence-electron chi connectivity index (χ4n) is 3.01. The van der Waals surface area contributed by atoms with Gasteiger partial charge in [-0.2, -0.15) is 0 Å². The van der Waals surface area contributed by atoms with E-state index in [-0.39, 0.29) is 5.91 Å². The molecule has 144 valence electrons. The van der Waals surface area contributed by atoms with Crippen LogP contribution in [-0.2, 0) is 4.79 Å². The standard InChI is InChI=1S/C22H19N5O2/c1-14(28)24-16-9-10-20(29-2)19(12-16)26-22-17-7-3-4-8-18(17)25-21(27-22)15-6-5-11-23-13-15/h3-13H,1-2H3,(H,24,28)(H,25,26,27). The topological polar surface area (TPSA) is 89.0 Å². The van der Waals surface area contributed by atoms with Crippen molar-refractivity contribution in [3.8, 4) is 17.1 Å². The molecule has 1 amide bonds. The van der Waals surface area contributed by atoms with Crippen LogP contribution in [0.1, 0.15) is 6.92 Å². The number of aromatic nitrogens is 3. The quantitative estimate of drug-likeness (QED) is 0.529. The lowest BCUT2D eigenvalue weighted by atomic mass is 10.2. The van der Waals surface area contributed by atoms with E-state index >= 15 is 0 Å². The lowest BCUT2D eigenvalue weighted by Crippen LogP contribution is -2.07. The van der Waals surface area contributed by atoms with E-state index in [1.54, 1.807) is 37.7 Å². The third-order valence-electron chi connectivity index (χ3n) is 4.30. The summed E-state index contributed by atoms with van der Waals surface area (Å²) in [5, 5.41) is 6.99. The van der Waals surface area contributed by atoms with Gasteiger partial charge < -0.3 is 15.4 Å². The first kappa shape index (κ1) is 18.4. The number of methoxy groups -OCH3 is 1. The molecule has 4 aromatic rings. The van der Waals surface area contributed by atoms with E-state index in [4.69, 9.17) is 9.72 Å². The Morgan fingerprint density at radius 2 is 1.90 bits per heavy atom. The van der Waals surface area contributed by atoms with E-state index in [0.29, 0.717) is 28.8 Å². The van der Waals surface area contributed by atoms with Crippen molar-refractivity contribution in [1.82, 2.24) is 15.0 Å². The summed E-state index contributed by atoms with van der Waals surface area (Å²) in [6, 6.07) is 16.9. The molecule has 0 unspecified atom stereocenters. The number of hydrogen-bond acceptors (Lipinski definition) is 6. The Bertz CT molecular complexity index is 1180. The van der Waals surface area contributed by atoms with Gasteiger partial charge in [-0.25, -0.2) is 9.97 Å². The Morgan fingerprint density at radius 3 is 2.66 bits per heavy atom. The number of ether oxygens (including phenoxy) is 1. The molecule has 4 rings (SSSR count). The second-order valence-corrected chi connectivity index (χ2v) is 6.38. The summed E-state index contributed by atoms with van der Waals surface area (Å²) < 4.78 is 5.48. The monoisotopic (exact) mass is 385 g/mol. The minimum Gasteiger partial charge on any atom is -0.495 e. The zero-order valence-electron chi connectivity index (χ0n) is 16.0. The summed E-state index contributed by atoms with van der Waals surface area (Å²) in [4.78, 5) is 25.0. The highest BCUT2D eigenvalue weighted by Gasteiger charge is 2.12. The van der Waals surface area contributed by atoms with Crippen LogP contribution in [0.2, 0.25) is 0 Å². The summed E-state index contributed by atoms with van der Waals surface area (Å²) in [5.74, 6) is 1.68. The molecular formula is C22H19N5O2. The molecule has 2 aromatic carbocycles. The van der Waals surface area contributed by atoms with Crippen LogP contribution < -0.4 is 15.4 Å². The van der Waals surface area contributed by atoms with Gasteiger partial charge in [0, 0.05) is 36.0 Å². The van der Waals surface area contributed by atoms with Crippen LogP contribution in [0.3, 0.4) is 0 Å². The van der Waals surface area contributed by atoms with E-state index in [0.717, 1.165) is 16.5 Å². The molecule has 7 heteroatoms. The van der Waals surface area contributed by atoms with Gasteiger partial charge in [0.2, 0.25) is 5.91 Å². The number of rotatable bonds is 5. The normalized spacial score (nSPS) is 10.6. The van der Waals surface area contributed by atoms with Gasteiger partial charge in [0.05, 0.1) is 18.3 Å². The van der Waals surface area contributed by atoms with Gasteiger partial charge in [0.15, 0.2) is 5.82 Å². The third kappa shape index (κ3) is 3.98. The van der Waals surface area contributed by atoms with E-state index in [2.05, 4.69) is 20.6 Å². The maximum Gasteiger partial charge on any atom is 0.221 e. The maximum atomic E-state index is 11.4. The second-order valence-electron chi connectivity index (χ2n) is 6.38. The summed E-state index contributed by atoms with van der Waals surface area (Å²) in [5.41, 5.74) is 2.97. The Hall–Kier alpha value is -4.00. The van der Waals surface area contributed by atoms with E-state index in [1.165, 1.54) is 6.92 Å². The number of nitrogens with one attached hydrogen (secondary N) is 2. The predicted molar refractivity (Wildman–Crippen MR) is 113 cm³/mol. The lowest BCUT2D eigenvalue weighted by molar-refractivity contribution is -0.114. The summed E-state index contributed by atoms with van der Waals surface area (Å²) in [7, 11) is 1.59. The van der Waals surface area contributed by atoms with Crippen molar-refractivity contribution in [3.63, 3.8) is 0 Å². The Morgan fingerprint density at radius 1 is 1.03 bits per heavy atom. The Balaban J connectivity index is 1.83. The molecule has 0 aliphatic carbocycles. The number of fused-ring (bicyclic) bond motifs is 1. The number of carbonyl (C=O) groups excluding carboxylic acids is 1. The van der Waals surface area contributed by atoms with E-state index < -0.39 is 0 Å². The van der Waals surface area contributed by atoms with Crippen molar-refractivity contribution < 1.29 is 9.53 Å². The minimum absolute atomic E-state index is 0.146. The smallest absolute Gasteiger partial charge is 0.221 e. The molecule has 0 aliphatic rings. The molecule has 2 N–H and O–H groups in total. The average Bonchev–Trinajstić information content (AvgIpc) is 2.74. The Kier molecular flexibility index (Phi) is 5.03. The van der Waals surface area contributed by atoms with Crippen LogP contribution in [0, 0.1) is 0 Å². The molecule has 0 radical (unpaired) electrons. The molecule has 0 bridgehead atoms. The van der Waals surface area contributed by atoms with Crippen molar-refractivity contribution >= 4 is 34.0 Å². The number of carbonyl (C=O) groups is 1. The maximum absolute atomic E-state index is 11.4. The SMILES string of the molecule is COc1ccc(NC(C)=O)cc1Nc1nc(-c2cccnc2)nc2ccccc12.